The summed E-state index contributed by atoms with van der Waals surface area (Å²) < 4.78 is 5.27. The lowest BCUT2D eigenvalue weighted by molar-refractivity contribution is 0.0448. The second-order valence-corrected chi connectivity index (χ2v) is 7.52. The summed E-state index contributed by atoms with van der Waals surface area (Å²) in [5.41, 5.74) is -0.415. The number of allylic oxidation sites excluding steroid dienone is 1. The zero-order chi connectivity index (χ0) is 14.3. The Bertz CT molecular complexity index is 407. The minimum atomic E-state index is -0.415. The zero-order valence-electron chi connectivity index (χ0n) is 12.7. The molecular formula is C16H26N2O2. The Hall–Kier alpha value is -1.03. The number of nitrogens with one attached hydrogen (secondary N) is 2. The molecule has 0 aromatic heterocycles. The summed E-state index contributed by atoms with van der Waals surface area (Å²) in [7, 11) is 0. The zero-order valence-corrected chi connectivity index (χ0v) is 12.7. The first-order valence-electron chi connectivity index (χ1n) is 7.83. The van der Waals surface area contributed by atoms with E-state index in [-0.39, 0.29) is 12.1 Å². The van der Waals surface area contributed by atoms with Gasteiger partial charge in [-0.05, 0) is 58.3 Å². The Balaban J connectivity index is 1.33. The molecule has 3 rings (SSSR count). The van der Waals surface area contributed by atoms with Crippen molar-refractivity contribution >= 4 is 6.09 Å². The van der Waals surface area contributed by atoms with Crippen LogP contribution in [0.4, 0.5) is 4.79 Å². The normalized spacial score (nSPS) is 38.6. The maximum atomic E-state index is 11.6. The van der Waals surface area contributed by atoms with Crippen molar-refractivity contribution in [2.75, 3.05) is 0 Å². The number of hydrogen-bond donors (Lipinski definition) is 2. The summed E-state index contributed by atoms with van der Waals surface area (Å²) in [6.07, 6.45) is 9.05. The fourth-order valence-electron chi connectivity index (χ4n) is 3.56. The van der Waals surface area contributed by atoms with E-state index in [1.54, 1.807) is 0 Å². The number of fused-ring (bicyclic) bond motifs is 1. The predicted molar refractivity (Wildman–Crippen MR) is 78.5 cm³/mol. The maximum absolute atomic E-state index is 11.6. The molecule has 0 spiro atoms. The van der Waals surface area contributed by atoms with Gasteiger partial charge in [-0.25, -0.2) is 4.79 Å². The number of ether oxygens (including phenoxy) is 1. The first-order chi connectivity index (χ1) is 9.40. The van der Waals surface area contributed by atoms with E-state index in [2.05, 4.69) is 22.8 Å². The molecule has 4 nitrogen and oxygen atoms in total. The molecule has 2 saturated carbocycles. The predicted octanol–water partition coefficient (Wildman–Crippen LogP) is 2.60. The van der Waals surface area contributed by atoms with E-state index in [1.165, 1.54) is 12.8 Å². The number of rotatable bonds is 3. The molecule has 2 fully saturated rings. The van der Waals surface area contributed by atoms with Crippen LogP contribution in [0.3, 0.4) is 0 Å². The van der Waals surface area contributed by atoms with Crippen molar-refractivity contribution in [1.82, 2.24) is 10.6 Å². The lowest BCUT2D eigenvalue weighted by atomic mass is 9.70. The number of hydrogen-bond acceptors (Lipinski definition) is 3. The van der Waals surface area contributed by atoms with Crippen molar-refractivity contribution < 1.29 is 9.53 Å². The summed E-state index contributed by atoms with van der Waals surface area (Å²) in [5, 5.41) is 6.68. The average Bonchev–Trinajstić information content (AvgIpc) is 2.60. The second kappa shape index (κ2) is 5.06. The van der Waals surface area contributed by atoms with Crippen molar-refractivity contribution in [1.29, 1.82) is 0 Å². The van der Waals surface area contributed by atoms with Crippen LogP contribution < -0.4 is 10.6 Å². The fourth-order valence-corrected chi connectivity index (χ4v) is 3.56. The Kier molecular flexibility index (Phi) is 3.53. The fraction of sp³-hybridized carbons (Fsp3) is 0.812. The second-order valence-electron chi connectivity index (χ2n) is 7.52. The summed E-state index contributed by atoms with van der Waals surface area (Å²) in [4.78, 5) is 11.6. The van der Waals surface area contributed by atoms with E-state index in [0.29, 0.717) is 12.1 Å². The van der Waals surface area contributed by atoms with Crippen LogP contribution in [0.15, 0.2) is 12.2 Å². The van der Waals surface area contributed by atoms with Crippen molar-refractivity contribution in [3.8, 4) is 0 Å². The molecule has 0 aromatic rings. The first-order valence-corrected chi connectivity index (χ1v) is 7.83. The molecule has 112 valence electrons. The molecule has 0 aromatic carbocycles. The molecule has 20 heavy (non-hydrogen) atoms. The minimum Gasteiger partial charge on any atom is -0.444 e. The third kappa shape index (κ3) is 3.00. The molecule has 0 saturated heterocycles. The summed E-state index contributed by atoms with van der Waals surface area (Å²) in [6.45, 7) is 5.67. The summed E-state index contributed by atoms with van der Waals surface area (Å²) in [5.74, 6) is 1.68. The monoisotopic (exact) mass is 278 g/mol. The van der Waals surface area contributed by atoms with Crippen molar-refractivity contribution in [3.05, 3.63) is 12.2 Å². The van der Waals surface area contributed by atoms with E-state index >= 15 is 0 Å². The van der Waals surface area contributed by atoms with Gasteiger partial charge < -0.3 is 15.4 Å². The highest BCUT2D eigenvalue weighted by molar-refractivity contribution is 5.68. The molecule has 3 unspecified atom stereocenters. The van der Waals surface area contributed by atoms with Gasteiger partial charge in [0.1, 0.15) is 5.60 Å². The van der Waals surface area contributed by atoms with E-state index < -0.39 is 5.60 Å². The van der Waals surface area contributed by atoms with Gasteiger partial charge in [0.05, 0.1) is 0 Å². The van der Waals surface area contributed by atoms with Crippen molar-refractivity contribution in [3.63, 3.8) is 0 Å². The smallest absolute Gasteiger partial charge is 0.407 e. The number of carbonyl (C=O) groups is 1. The highest BCUT2D eigenvalue weighted by atomic mass is 16.6. The lowest BCUT2D eigenvalue weighted by Crippen LogP contribution is -2.59. The van der Waals surface area contributed by atoms with Crippen LogP contribution in [0.25, 0.3) is 0 Å². The standard InChI is InChI=1S/C16H26N2O2/c1-16(2,3)20-15(19)18-12-8-11(9-12)17-14-7-10-5-4-6-13(10)14/h4,6,10-14,17H,5,7-9H2,1-3H3,(H,18,19). The van der Waals surface area contributed by atoms with Gasteiger partial charge in [0.25, 0.3) is 0 Å². The number of alkyl carbamates (subject to hydrolysis) is 1. The molecule has 3 aliphatic rings. The summed E-state index contributed by atoms with van der Waals surface area (Å²) in [6, 6.07) is 1.51. The topological polar surface area (TPSA) is 50.4 Å². The lowest BCUT2D eigenvalue weighted by Gasteiger charge is -2.46. The molecular weight excluding hydrogens is 252 g/mol. The largest absolute Gasteiger partial charge is 0.444 e. The van der Waals surface area contributed by atoms with E-state index in [1.807, 2.05) is 20.8 Å². The van der Waals surface area contributed by atoms with Crippen LogP contribution >= 0.6 is 0 Å². The van der Waals surface area contributed by atoms with E-state index in [0.717, 1.165) is 24.7 Å². The van der Waals surface area contributed by atoms with Crippen LogP contribution in [0.1, 0.15) is 46.5 Å². The molecule has 3 aliphatic carbocycles. The quantitative estimate of drug-likeness (QED) is 0.780. The van der Waals surface area contributed by atoms with Gasteiger partial charge in [-0.1, -0.05) is 12.2 Å². The molecule has 0 heterocycles. The Morgan fingerprint density at radius 1 is 1.20 bits per heavy atom. The van der Waals surface area contributed by atoms with E-state index in [4.69, 9.17) is 4.74 Å². The highest BCUT2D eigenvalue weighted by Gasteiger charge is 2.43. The summed E-state index contributed by atoms with van der Waals surface area (Å²) >= 11 is 0. The van der Waals surface area contributed by atoms with Crippen LogP contribution in [0, 0.1) is 11.8 Å². The molecule has 0 bridgehead atoms. The third-order valence-corrected chi connectivity index (χ3v) is 4.67. The first kappa shape index (κ1) is 13.9. The highest BCUT2D eigenvalue weighted by Crippen LogP contribution is 2.43. The van der Waals surface area contributed by atoms with Gasteiger partial charge in [0.2, 0.25) is 0 Å². The SMILES string of the molecule is CC(C)(C)OC(=O)NC1CC(NC2CC3CC=CC32)C1. The van der Waals surface area contributed by atoms with Gasteiger partial charge in [0, 0.05) is 18.1 Å². The third-order valence-electron chi connectivity index (χ3n) is 4.67. The van der Waals surface area contributed by atoms with Crippen molar-refractivity contribution in [2.45, 2.75) is 70.2 Å². The average molecular weight is 278 g/mol. The molecule has 0 aliphatic heterocycles. The van der Waals surface area contributed by atoms with Gasteiger partial charge in [-0.15, -0.1) is 0 Å². The molecule has 1 amide bonds. The van der Waals surface area contributed by atoms with Gasteiger partial charge in [-0.2, -0.15) is 0 Å². The van der Waals surface area contributed by atoms with Gasteiger partial charge >= 0.3 is 6.09 Å². The molecule has 0 radical (unpaired) electrons. The maximum Gasteiger partial charge on any atom is 0.407 e. The van der Waals surface area contributed by atoms with E-state index in [9.17, 15) is 4.79 Å². The van der Waals surface area contributed by atoms with Gasteiger partial charge in [0.15, 0.2) is 0 Å². The Labute approximate surface area is 121 Å². The Morgan fingerprint density at radius 3 is 2.60 bits per heavy atom. The molecule has 4 heteroatoms. The van der Waals surface area contributed by atoms with Crippen LogP contribution in [-0.4, -0.2) is 29.8 Å². The van der Waals surface area contributed by atoms with Gasteiger partial charge in [-0.3, -0.25) is 0 Å². The molecule has 3 atom stereocenters. The van der Waals surface area contributed by atoms with Crippen molar-refractivity contribution in [2.24, 2.45) is 11.8 Å². The van der Waals surface area contributed by atoms with Crippen LogP contribution in [0.2, 0.25) is 0 Å². The van der Waals surface area contributed by atoms with Crippen LogP contribution in [-0.2, 0) is 4.74 Å². The number of carbonyl (C=O) groups excluding carboxylic acids is 1. The number of amides is 1. The Morgan fingerprint density at radius 2 is 1.95 bits per heavy atom. The van der Waals surface area contributed by atoms with Crippen LogP contribution in [0.5, 0.6) is 0 Å². The minimum absolute atomic E-state index is 0.275. The molecule has 2 N–H and O–H groups in total.